The number of aliphatic hydroxyl groups is 1. The van der Waals surface area contributed by atoms with E-state index in [1.807, 2.05) is 48.5 Å². The Bertz CT molecular complexity index is 1410. The summed E-state index contributed by atoms with van der Waals surface area (Å²) in [6, 6.07) is 15.4. The van der Waals surface area contributed by atoms with Crippen LogP contribution < -0.4 is 0 Å². The summed E-state index contributed by atoms with van der Waals surface area (Å²) in [6.07, 6.45) is -2.64. The van der Waals surface area contributed by atoms with Gasteiger partial charge in [-0.1, -0.05) is 48.9 Å². The Morgan fingerprint density at radius 2 is 1.52 bits per heavy atom. The number of allylic oxidation sites excluding steroid dienone is 4. The van der Waals surface area contributed by atoms with Gasteiger partial charge in [0, 0.05) is 22.6 Å². The highest BCUT2D eigenvalue weighted by Gasteiger charge is 2.79. The van der Waals surface area contributed by atoms with Gasteiger partial charge in [0.1, 0.15) is 5.60 Å². The molecule has 2 aromatic carbocycles. The zero-order chi connectivity index (χ0) is 28.7. The van der Waals surface area contributed by atoms with E-state index in [1.54, 1.807) is 6.08 Å². The van der Waals surface area contributed by atoms with Gasteiger partial charge in [-0.2, -0.15) is 22.0 Å². The molecule has 2 fully saturated rings. The van der Waals surface area contributed by atoms with E-state index in [9.17, 15) is 23.1 Å². The molecule has 0 saturated heterocycles. The summed E-state index contributed by atoms with van der Waals surface area (Å²) in [7, 11) is 0. The average Bonchev–Trinajstić information content (AvgIpc) is 3.19. The van der Waals surface area contributed by atoms with Crippen molar-refractivity contribution >= 4 is 18.4 Å². The van der Waals surface area contributed by atoms with Crippen molar-refractivity contribution in [1.29, 1.82) is 0 Å². The van der Waals surface area contributed by atoms with E-state index in [0.717, 1.165) is 38.3 Å². The van der Waals surface area contributed by atoms with Gasteiger partial charge in [0.25, 0.3) is 0 Å². The molecule has 6 rings (SSSR count). The van der Waals surface area contributed by atoms with E-state index >= 15 is 8.78 Å². The molecule has 40 heavy (non-hydrogen) atoms. The van der Waals surface area contributed by atoms with Gasteiger partial charge in [0.15, 0.2) is 5.78 Å². The molecular formula is C32H31F5O2S. The number of fused-ring (bicyclic) bond motifs is 4. The van der Waals surface area contributed by atoms with Gasteiger partial charge in [-0.15, -0.1) is 12.6 Å². The number of benzene rings is 2. The lowest BCUT2D eigenvalue weighted by molar-refractivity contribution is -0.362. The lowest BCUT2D eigenvalue weighted by Crippen LogP contribution is -2.65. The fourth-order valence-electron chi connectivity index (χ4n) is 8.28. The van der Waals surface area contributed by atoms with Crippen LogP contribution >= 0.6 is 12.6 Å². The van der Waals surface area contributed by atoms with Crippen LogP contribution in [0.3, 0.4) is 0 Å². The highest BCUT2D eigenvalue weighted by molar-refractivity contribution is 7.80. The monoisotopic (exact) mass is 574 g/mol. The standard InChI is InChI=1S/C32H31F5O2S/c1-29-17-26(20-4-2-18(3-5-20)19-6-10-23(40)11-7-19)28-24-13-9-22(38)16-21(24)8-12-25(28)27(29)14-15-30(29,39)31(33,34)32(35,36)37/h2-7,10-11,16,25-27,39-40H,8-9,12-15,17H2,1H3/t25-,26?,27-,29-,30?/m0/s1. The zero-order valence-corrected chi connectivity index (χ0v) is 23.0. The van der Waals surface area contributed by atoms with Crippen LogP contribution in [0.1, 0.15) is 63.4 Å². The SMILES string of the molecule is C[C@]12CC(c3ccc(-c4ccc(S)cc4)cc3)C3=C4CCC(=O)C=C4CC[C@H]3[C@@H]1CCC2(O)C(F)(F)C(F)(F)F. The van der Waals surface area contributed by atoms with Crippen molar-refractivity contribution in [3.8, 4) is 11.1 Å². The first-order chi connectivity index (χ1) is 18.8. The second-order valence-corrected chi connectivity index (χ2v) is 12.7. The number of rotatable bonds is 3. The van der Waals surface area contributed by atoms with Gasteiger partial charge in [0.05, 0.1) is 0 Å². The van der Waals surface area contributed by atoms with Crippen LogP contribution in [0.5, 0.6) is 0 Å². The fourth-order valence-corrected chi connectivity index (χ4v) is 8.43. The van der Waals surface area contributed by atoms with Crippen LogP contribution in [-0.4, -0.2) is 28.6 Å². The highest BCUT2D eigenvalue weighted by atomic mass is 32.1. The molecule has 0 bridgehead atoms. The number of carbonyl (C=O) groups is 1. The van der Waals surface area contributed by atoms with Gasteiger partial charge >= 0.3 is 12.1 Å². The van der Waals surface area contributed by atoms with E-state index in [1.165, 1.54) is 6.92 Å². The third kappa shape index (κ3) is 3.96. The molecule has 0 aromatic heterocycles. The number of alkyl halides is 5. The molecule has 2 saturated carbocycles. The summed E-state index contributed by atoms with van der Waals surface area (Å²) >= 11 is 4.33. The molecular weight excluding hydrogens is 543 g/mol. The van der Waals surface area contributed by atoms with Crippen molar-refractivity contribution in [3.05, 3.63) is 76.9 Å². The second-order valence-electron chi connectivity index (χ2n) is 12.1. The van der Waals surface area contributed by atoms with Crippen LogP contribution in [0.2, 0.25) is 0 Å². The lowest BCUT2D eigenvalue weighted by Gasteiger charge is -2.56. The minimum atomic E-state index is -5.86. The summed E-state index contributed by atoms with van der Waals surface area (Å²) < 4.78 is 71.5. The molecule has 5 atom stereocenters. The molecule has 2 nitrogen and oxygen atoms in total. The Morgan fingerprint density at radius 3 is 2.15 bits per heavy atom. The van der Waals surface area contributed by atoms with Crippen LogP contribution in [0.15, 0.2) is 76.2 Å². The molecule has 4 aliphatic carbocycles. The van der Waals surface area contributed by atoms with Crippen LogP contribution in [0, 0.1) is 17.3 Å². The summed E-state index contributed by atoms with van der Waals surface area (Å²) in [5.41, 5.74) is 0.984. The van der Waals surface area contributed by atoms with Gasteiger partial charge in [0.2, 0.25) is 0 Å². The van der Waals surface area contributed by atoms with Crippen LogP contribution in [0.4, 0.5) is 22.0 Å². The Balaban J connectivity index is 1.48. The molecule has 0 spiro atoms. The number of hydrogen-bond donors (Lipinski definition) is 2. The van der Waals surface area contributed by atoms with Crippen LogP contribution in [-0.2, 0) is 4.79 Å². The number of hydrogen-bond acceptors (Lipinski definition) is 3. The quantitative estimate of drug-likeness (QED) is 0.285. The number of carbonyl (C=O) groups excluding carboxylic acids is 1. The Morgan fingerprint density at radius 1 is 0.900 bits per heavy atom. The topological polar surface area (TPSA) is 37.3 Å². The fraction of sp³-hybridized carbons (Fsp3) is 0.469. The van der Waals surface area contributed by atoms with Gasteiger partial charge < -0.3 is 5.11 Å². The maximum Gasteiger partial charge on any atom is 0.456 e. The first kappa shape index (κ1) is 27.7. The van der Waals surface area contributed by atoms with Gasteiger partial charge in [-0.05, 0) is 96.4 Å². The molecule has 212 valence electrons. The molecule has 0 amide bonds. The number of halogens is 5. The number of ketones is 1. The van der Waals surface area contributed by atoms with E-state index in [0.29, 0.717) is 25.7 Å². The van der Waals surface area contributed by atoms with Gasteiger partial charge in [-0.25, -0.2) is 0 Å². The first-order valence-electron chi connectivity index (χ1n) is 13.8. The predicted octanol–water partition coefficient (Wildman–Crippen LogP) is 8.47. The van der Waals surface area contributed by atoms with Crippen molar-refractivity contribution in [1.82, 2.24) is 0 Å². The summed E-state index contributed by atoms with van der Waals surface area (Å²) in [4.78, 5) is 13.0. The normalized spacial score (nSPS) is 32.4. The van der Waals surface area contributed by atoms with Gasteiger partial charge in [-0.3, -0.25) is 4.79 Å². The first-order valence-corrected chi connectivity index (χ1v) is 14.2. The minimum absolute atomic E-state index is 0.0237. The lowest BCUT2D eigenvalue weighted by atomic mass is 9.50. The van der Waals surface area contributed by atoms with Crippen molar-refractivity contribution in [3.63, 3.8) is 0 Å². The van der Waals surface area contributed by atoms with Crippen LogP contribution in [0.25, 0.3) is 11.1 Å². The molecule has 0 aliphatic heterocycles. The third-order valence-electron chi connectivity index (χ3n) is 10.3. The van der Waals surface area contributed by atoms with E-state index in [4.69, 9.17) is 0 Å². The van der Waals surface area contributed by atoms with E-state index < -0.39 is 41.4 Å². The minimum Gasteiger partial charge on any atom is -0.383 e. The van der Waals surface area contributed by atoms with E-state index in [2.05, 4.69) is 12.6 Å². The smallest absolute Gasteiger partial charge is 0.383 e. The largest absolute Gasteiger partial charge is 0.456 e. The van der Waals surface area contributed by atoms with Crippen molar-refractivity contribution < 1.29 is 31.9 Å². The third-order valence-corrected chi connectivity index (χ3v) is 10.6. The average molecular weight is 575 g/mol. The summed E-state index contributed by atoms with van der Waals surface area (Å²) in [6.45, 7) is 1.45. The molecule has 2 aromatic rings. The predicted molar refractivity (Wildman–Crippen MR) is 145 cm³/mol. The second kappa shape index (κ2) is 9.28. The molecule has 8 heteroatoms. The molecule has 0 heterocycles. The Kier molecular flexibility index (Phi) is 6.43. The number of thiol groups is 1. The Labute approximate surface area is 235 Å². The van der Waals surface area contributed by atoms with Crippen molar-refractivity contribution in [2.24, 2.45) is 17.3 Å². The molecule has 1 N–H and O–H groups in total. The van der Waals surface area contributed by atoms with Crippen molar-refractivity contribution in [2.75, 3.05) is 0 Å². The summed E-state index contributed by atoms with van der Waals surface area (Å²) in [5.74, 6) is -6.36. The van der Waals surface area contributed by atoms with E-state index in [-0.39, 0.29) is 24.5 Å². The summed E-state index contributed by atoms with van der Waals surface area (Å²) in [5, 5.41) is 11.4. The Hall–Kier alpha value is -2.45. The molecule has 2 unspecified atom stereocenters. The molecule has 0 radical (unpaired) electrons. The maximum absolute atomic E-state index is 15.1. The highest BCUT2D eigenvalue weighted by Crippen LogP contribution is 2.70. The zero-order valence-electron chi connectivity index (χ0n) is 22.1. The molecule has 4 aliphatic rings. The maximum atomic E-state index is 15.1. The van der Waals surface area contributed by atoms with Crippen molar-refractivity contribution in [2.45, 2.75) is 80.4 Å².